The van der Waals surface area contributed by atoms with Gasteiger partial charge >= 0.3 is 5.97 Å². The minimum atomic E-state index is -0.391. The molecule has 3 rings (SSSR count). The first-order valence-electron chi connectivity index (χ1n) is 8.90. The molecule has 0 atom stereocenters. The van der Waals surface area contributed by atoms with Gasteiger partial charge in [-0.3, -0.25) is 4.79 Å². The van der Waals surface area contributed by atoms with Crippen molar-refractivity contribution in [2.75, 3.05) is 11.9 Å². The summed E-state index contributed by atoms with van der Waals surface area (Å²) >= 11 is 0. The number of esters is 1. The van der Waals surface area contributed by atoms with Crippen molar-refractivity contribution in [2.24, 2.45) is 0 Å². The number of carbonyl (C=O) groups excluding carboxylic acids is 2. The van der Waals surface area contributed by atoms with Crippen molar-refractivity contribution in [3.63, 3.8) is 0 Å². The number of hydrogen-bond acceptors (Lipinski definition) is 4. The number of carbonyl (C=O) groups is 2. The van der Waals surface area contributed by atoms with Crippen LogP contribution in [-0.2, 0) is 9.53 Å². The third-order valence-electron chi connectivity index (χ3n) is 3.94. The molecule has 5 heteroatoms. The maximum Gasteiger partial charge on any atom is 0.338 e. The molecule has 0 spiro atoms. The summed E-state index contributed by atoms with van der Waals surface area (Å²) in [5.41, 5.74) is 1.70. The minimum Gasteiger partial charge on any atom is -0.462 e. The Labute approximate surface area is 157 Å². The molecule has 138 valence electrons. The molecule has 1 N–H and O–H groups in total. The van der Waals surface area contributed by atoms with Crippen molar-refractivity contribution in [3.05, 3.63) is 72.0 Å². The monoisotopic (exact) mass is 363 g/mol. The van der Waals surface area contributed by atoms with Gasteiger partial charge in [-0.1, -0.05) is 37.6 Å². The van der Waals surface area contributed by atoms with E-state index in [0.29, 0.717) is 23.6 Å². The first kappa shape index (κ1) is 18.5. The van der Waals surface area contributed by atoms with Crippen molar-refractivity contribution < 1.29 is 18.7 Å². The number of nitrogens with one attached hydrogen (secondary N) is 1. The lowest BCUT2D eigenvalue weighted by molar-refractivity contribution is -0.111. The number of unbranched alkanes of at least 4 members (excludes halogenated alkanes) is 1. The smallest absolute Gasteiger partial charge is 0.338 e. The van der Waals surface area contributed by atoms with E-state index in [1.807, 2.05) is 37.3 Å². The second-order valence-corrected chi connectivity index (χ2v) is 6.08. The van der Waals surface area contributed by atoms with Crippen LogP contribution in [0.3, 0.4) is 0 Å². The molecule has 1 heterocycles. The van der Waals surface area contributed by atoms with Gasteiger partial charge in [0.05, 0.1) is 12.2 Å². The number of hydrogen-bond donors (Lipinski definition) is 1. The van der Waals surface area contributed by atoms with E-state index in [9.17, 15) is 9.59 Å². The van der Waals surface area contributed by atoms with E-state index < -0.39 is 5.97 Å². The van der Waals surface area contributed by atoms with E-state index in [1.165, 1.54) is 6.08 Å². The van der Waals surface area contributed by atoms with Gasteiger partial charge in [-0.2, -0.15) is 0 Å². The van der Waals surface area contributed by atoms with E-state index >= 15 is 0 Å². The molecule has 0 saturated carbocycles. The Balaban J connectivity index is 1.61. The number of ether oxygens (including phenoxy) is 1. The predicted molar refractivity (Wildman–Crippen MR) is 106 cm³/mol. The number of para-hydroxylation sites is 1. The van der Waals surface area contributed by atoms with E-state index in [4.69, 9.17) is 9.15 Å². The topological polar surface area (TPSA) is 68.5 Å². The van der Waals surface area contributed by atoms with Crippen LogP contribution in [-0.4, -0.2) is 18.5 Å². The Hall–Kier alpha value is -3.34. The van der Waals surface area contributed by atoms with Crippen molar-refractivity contribution >= 4 is 34.6 Å². The van der Waals surface area contributed by atoms with Gasteiger partial charge < -0.3 is 14.5 Å². The Morgan fingerprint density at radius 1 is 1.11 bits per heavy atom. The highest BCUT2D eigenvalue weighted by Crippen LogP contribution is 2.19. The highest BCUT2D eigenvalue weighted by Gasteiger charge is 2.08. The van der Waals surface area contributed by atoms with Crippen LogP contribution in [0.25, 0.3) is 17.0 Å². The molecule has 0 bridgehead atoms. The van der Waals surface area contributed by atoms with Gasteiger partial charge in [0.25, 0.3) is 0 Å². The summed E-state index contributed by atoms with van der Waals surface area (Å²) in [7, 11) is 0. The second kappa shape index (κ2) is 8.85. The standard InChI is InChI=1S/C22H21NO4/c1-2-3-13-26-22(25)17-8-6-9-18(14-17)23-21(24)12-11-19-15-16-7-4-5-10-20(16)27-19/h4-12,14-15H,2-3,13H2,1H3,(H,23,24)/b12-11+. The largest absolute Gasteiger partial charge is 0.462 e. The number of furan rings is 1. The molecule has 3 aromatic rings. The zero-order valence-electron chi connectivity index (χ0n) is 15.1. The van der Waals surface area contributed by atoms with E-state index in [1.54, 1.807) is 30.3 Å². The van der Waals surface area contributed by atoms with Gasteiger partial charge in [0.15, 0.2) is 0 Å². The maximum absolute atomic E-state index is 12.1. The quantitative estimate of drug-likeness (QED) is 0.363. The molecular weight excluding hydrogens is 342 g/mol. The summed E-state index contributed by atoms with van der Waals surface area (Å²) in [5.74, 6) is -0.107. The van der Waals surface area contributed by atoms with Crippen LogP contribution >= 0.6 is 0 Å². The molecule has 27 heavy (non-hydrogen) atoms. The fourth-order valence-corrected chi connectivity index (χ4v) is 2.54. The van der Waals surface area contributed by atoms with E-state index in [2.05, 4.69) is 5.32 Å². The molecule has 1 amide bonds. The zero-order chi connectivity index (χ0) is 19.1. The average Bonchev–Trinajstić information content (AvgIpc) is 3.10. The Morgan fingerprint density at radius 2 is 1.96 bits per heavy atom. The van der Waals surface area contributed by atoms with Crippen molar-refractivity contribution in [1.29, 1.82) is 0 Å². The Morgan fingerprint density at radius 3 is 2.78 bits per heavy atom. The van der Waals surface area contributed by atoms with Crippen LogP contribution in [0.4, 0.5) is 5.69 Å². The van der Waals surface area contributed by atoms with Crippen LogP contribution in [0.5, 0.6) is 0 Å². The van der Waals surface area contributed by atoms with Gasteiger partial charge in [0.1, 0.15) is 11.3 Å². The van der Waals surface area contributed by atoms with Gasteiger partial charge in [0.2, 0.25) is 5.91 Å². The number of amides is 1. The Bertz CT molecular complexity index is 938. The molecule has 2 aromatic carbocycles. The molecule has 1 aromatic heterocycles. The highest BCUT2D eigenvalue weighted by atomic mass is 16.5. The van der Waals surface area contributed by atoms with Crippen molar-refractivity contribution in [2.45, 2.75) is 19.8 Å². The lowest BCUT2D eigenvalue weighted by atomic mass is 10.2. The number of benzene rings is 2. The summed E-state index contributed by atoms with van der Waals surface area (Å²) < 4.78 is 10.8. The van der Waals surface area contributed by atoms with Gasteiger partial charge in [0, 0.05) is 17.1 Å². The first-order chi connectivity index (χ1) is 13.2. The summed E-state index contributed by atoms with van der Waals surface area (Å²) in [5, 5.41) is 3.71. The molecule has 0 unspecified atom stereocenters. The molecule has 5 nitrogen and oxygen atoms in total. The van der Waals surface area contributed by atoms with Crippen molar-refractivity contribution in [1.82, 2.24) is 0 Å². The van der Waals surface area contributed by atoms with Crippen LogP contribution in [0.1, 0.15) is 35.9 Å². The van der Waals surface area contributed by atoms with Gasteiger partial charge in [-0.15, -0.1) is 0 Å². The fourth-order valence-electron chi connectivity index (χ4n) is 2.54. The molecule has 0 fully saturated rings. The summed E-state index contributed by atoms with van der Waals surface area (Å²) in [6.07, 6.45) is 4.79. The number of rotatable bonds is 7. The highest BCUT2D eigenvalue weighted by molar-refractivity contribution is 6.02. The SMILES string of the molecule is CCCCOC(=O)c1cccc(NC(=O)/C=C/c2cc3ccccc3o2)c1. The molecule has 0 aliphatic carbocycles. The normalized spacial score (nSPS) is 11.0. The fraction of sp³-hybridized carbons (Fsp3) is 0.182. The van der Waals surface area contributed by atoms with Crippen LogP contribution < -0.4 is 5.32 Å². The predicted octanol–water partition coefficient (Wildman–Crippen LogP) is 5.04. The minimum absolute atomic E-state index is 0.313. The van der Waals surface area contributed by atoms with E-state index in [0.717, 1.165) is 23.8 Å². The van der Waals surface area contributed by atoms with E-state index in [-0.39, 0.29) is 5.91 Å². The second-order valence-electron chi connectivity index (χ2n) is 6.08. The number of fused-ring (bicyclic) bond motifs is 1. The van der Waals surface area contributed by atoms with Crippen molar-refractivity contribution in [3.8, 4) is 0 Å². The molecule has 0 aliphatic heterocycles. The molecule has 0 radical (unpaired) electrons. The lowest BCUT2D eigenvalue weighted by Gasteiger charge is -2.06. The van der Waals surface area contributed by atoms with Gasteiger partial charge in [-0.05, 0) is 42.8 Å². The summed E-state index contributed by atoms with van der Waals surface area (Å²) in [4.78, 5) is 24.1. The number of anilines is 1. The summed E-state index contributed by atoms with van der Waals surface area (Å²) in [6, 6.07) is 16.2. The third-order valence-corrected chi connectivity index (χ3v) is 3.94. The zero-order valence-corrected chi connectivity index (χ0v) is 15.1. The average molecular weight is 363 g/mol. The maximum atomic E-state index is 12.1. The Kier molecular flexibility index (Phi) is 6.05. The lowest BCUT2D eigenvalue weighted by Crippen LogP contribution is -2.10. The molecule has 0 saturated heterocycles. The molecule has 0 aliphatic rings. The van der Waals surface area contributed by atoms with Gasteiger partial charge in [-0.25, -0.2) is 4.79 Å². The van der Waals surface area contributed by atoms with Crippen LogP contribution in [0.2, 0.25) is 0 Å². The third kappa shape index (κ3) is 5.07. The van der Waals surface area contributed by atoms with Crippen LogP contribution in [0, 0.1) is 0 Å². The first-order valence-corrected chi connectivity index (χ1v) is 8.90. The van der Waals surface area contributed by atoms with Crippen LogP contribution in [0.15, 0.2) is 65.1 Å². The summed E-state index contributed by atoms with van der Waals surface area (Å²) in [6.45, 7) is 2.43. The molecular formula is C22H21NO4.